The third-order valence-corrected chi connectivity index (χ3v) is 6.20. The second kappa shape index (κ2) is 9.30. The van der Waals surface area contributed by atoms with Crippen molar-refractivity contribution in [2.24, 2.45) is 0 Å². The van der Waals surface area contributed by atoms with Gasteiger partial charge in [-0.1, -0.05) is 28.4 Å². The lowest BCUT2D eigenvalue weighted by Crippen LogP contribution is -2.27. The van der Waals surface area contributed by atoms with E-state index >= 15 is 0 Å². The van der Waals surface area contributed by atoms with Gasteiger partial charge in [-0.2, -0.15) is 18.2 Å². The molecule has 0 amide bonds. The van der Waals surface area contributed by atoms with Crippen LogP contribution < -0.4 is 4.74 Å². The van der Waals surface area contributed by atoms with Crippen molar-refractivity contribution >= 4 is 28.8 Å². The molecule has 3 aromatic heterocycles. The van der Waals surface area contributed by atoms with Crippen molar-refractivity contribution in [3.05, 3.63) is 52.3 Å². The number of aliphatic hydroxyl groups excluding tert-OH is 1. The van der Waals surface area contributed by atoms with Crippen molar-refractivity contribution in [2.75, 3.05) is 26.2 Å². The van der Waals surface area contributed by atoms with Crippen LogP contribution in [0.1, 0.15) is 12.0 Å². The van der Waals surface area contributed by atoms with Crippen LogP contribution in [-0.2, 0) is 6.18 Å². The van der Waals surface area contributed by atoms with E-state index in [1.807, 2.05) is 0 Å². The minimum absolute atomic E-state index is 0.0000203. The summed E-state index contributed by atoms with van der Waals surface area (Å²) in [7, 11) is 0. The van der Waals surface area contributed by atoms with Crippen LogP contribution >= 0.6 is 23.2 Å². The van der Waals surface area contributed by atoms with Gasteiger partial charge in [-0.25, -0.2) is 4.98 Å². The van der Waals surface area contributed by atoms with E-state index in [2.05, 4.69) is 20.0 Å². The minimum Gasteiger partial charge on any atom is -0.489 e. The summed E-state index contributed by atoms with van der Waals surface area (Å²) in [5.41, 5.74) is -0.130. The minimum atomic E-state index is -4.55. The Bertz CT molecular complexity index is 1370. The Morgan fingerprint density at radius 1 is 1.14 bits per heavy atom. The normalized spacial score (nSPS) is 16.9. The zero-order chi connectivity index (χ0) is 24.7. The molecule has 1 aliphatic rings. The predicted octanol–water partition coefficient (Wildman–Crippen LogP) is 4.82. The Hall–Kier alpha value is -2.86. The topological polar surface area (TPSA) is 88.9 Å². The number of aromatic nitrogens is 4. The molecule has 1 N–H and O–H groups in total. The van der Waals surface area contributed by atoms with Gasteiger partial charge in [0.1, 0.15) is 17.5 Å². The number of pyridine rings is 1. The highest BCUT2D eigenvalue weighted by atomic mass is 35.5. The molecule has 0 aliphatic carbocycles. The van der Waals surface area contributed by atoms with Gasteiger partial charge in [0.15, 0.2) is 5.65 Å². The van der Waals surface area contributed by atoms with E-state index in [9.17, 15) is 13.2 Å². The number of imidazole rings is 1. The fraction of sp³-hybridized carbons (Fsp3) is 0.318. The predicted molar refractivity (Wildman–Crippen MR) is 122 cm³/mol. The molecule has 5 rings (SSSR count). The van der Waals surface area contributed by atoms with Gasteiger partial charge in [-0.15, -0.1) is 0 Å². The molecule has 1 saturated heterocycles. The lowest BCUT2D eigenvalue weighted by molar-refractivity contribution is -0.137. The number of fused-ring (bicyclic) bond motifs is 1. The van der Waals surface area contributed by atoms with Crippen LogP contribution in [0.5, 0.6) is 5.75 Å². The van der Waals surface area contributed by atoms with Crippen molar-refractivity contribution in [1.82, 2.24) is 24.4 Å². The van der Waals surface area contributed by atoms with Crippen molar-refractivity contribution in [1.29, 1.82) is 0 Å². The van der Waals surface area contributed by atoms with Gasteiger partial charge in [0, 0.05) is 37.6 Å². The quantitative estimate of drug-likeness (QED) is 0.384. The summed E-state index contributed by atoms with van der Waals surface area (Å²) in [4.78, 5) is 10.6. The van der Waals surface area contributed by atoms with Crippen molar-refractivity contribution in [2.45, 2.75) is 18.7 Å². The Kier molecular flexibility index (Phi) is 6.34. The second-order valence-corrected chi connectivity index (χ2v) is 8.86. The molecule has 0 saturated carbocycles. The van der Waals surface area contributed by atoms with Gasteiger partial charge in [-0.3, -0.25) is 4.90 Å². The molecule has 4 heterocycles. The van der Waals surface area contributed by atoms with Crippen LogP contribution in [0.25, 0.3) is 28.6 Å². The summed E-state index contributed by atoms with van der Waals surface area (Å²) in [6, 6.07) is 5.91. The van der Waals surface area contributed by atoms with Gasteiger partial charge in [0.05, 0.1) is 22.2 Å². The van der Waals surface area contributed by atoms with E-state index < -0.39 is 11.7 Å². The summed E-state index contributed by atoms with van der Waals surface area (Å²) in [5.74, 6) is 0.777. The summed E-state index contributed by atoms with van der Waals surface area (Å²) >= 11 is 12.4. The second-order valence-electron chi connectivity index (χ2n) is 8.05. The van der Waals surface area contributed by atoms with E-state index in [0.717, 1.165) is 36.2 Å². The molecule has 1 atom stereocenters. The molecule has 1 aromatic carbocycles. The smallest absolute Gasteiger partial charge is 0.417 e. The zero-order valence-electron chi connectivity index (χ0n) is 18.0. The van der Waals surface area contributed by atoms with Gasteiger partial charge >= 0.3 is 6.18 Å². The Morgan fingerprint density at radius 3 is 2.71 bits per heavy atom. The highest BCUT2D eigenvalue weighted by Gasteiger charge is 2.32. The molecule has 1 fully saturated rings. The maximum atomic E-state index is 13.1. The summed E-state index contributed by atoms with van der Waals surface area (Å²) in [6.07, 6.45) is -1.49. The Morgan fingerprint density at radius 2 is 1.97 bits per heavy atom. The first-order chi connectivity index (χ1) is 16.7. The van der Waals surface area contributed by atoms with Crippen LogP contribution in [-0.4, -0.2) is 61.9 Å². The van der Waals surface area contributed by atoms with Crippen LogP contribution in [0.15, 0.2) is 41.2 Å². The first-order valence-electron chi connectivity index (χ1n) is 10.6. The third-order valence-electron chi connectivity index (χ3n) is 5.61. The fourth-order valence-electron chi connectivity index (χ4n) is 3.93. The summed E-state index contributed by atoms with van der Waals surface area (Å²) in [6.45, 7) is 2.30. The molecular weight excluding hydrogens is 510 g/mol. The number of β-amino-alcohol motifs (C(OH)–C–C–N with tert-alkyl or cyclic N) is 1. The largest absolute Gasteiger partial charge is 0.489 e. The van der Waals surface area contributed by atoms with Crippen LogP contribution in [0.3, 0.4) is 0 Å². The number of aliphatic hydroxyl groups is 1. The van der Waals surface area contributed by atoms with Gasteiger partial charge in [-0.05, 0) is 30.7 Å². The van der Waals surface area contributed by atoms with E-state index in [-0.39, 0.29) is 40.8 Å². The number of hydrogen-bond acceptors (Lipinski definition) is 7. The number of rotatable bonds is 6. The molecule has 0 spiro atoms. The third kappa shape index (κ3) is 4.94. The molecule has 13 heteroatoms. The monoisotopic (exact) mass is 527 g/mol. The highest BCUT2D eigenvalue weighted by molar-refractivity contribution is 6.33. The average molecular weight is 528 g/mol. The Labute approximate surface area is 206 Å². The molecule has 184 valence electrons. The molecule has 8 nitrogen and oxygen atoms in total. The Balaban J connectivity index is 1.36. The molecule has 35 heavy (non-hydrogen) atoms. The SMILES string of the molecule is OCCN1CCC(Oc2ccc(-c3noc(-c4cn5cc(C(F)(F)F)cc(Cl)c5n4)n3)c(Cl)c2)C1. The lowest BCUT2D eigenvalue weighted by atomic mass is 10.2. The van der Waals surface area contributed by atoms with Gasteiger partial charge in [0.25, 0.3) is 5.89 Å². The van der Waals surface area contributed by atoms with Crippen LogP contribution in [0.2, 0.25) is 10.0 Å². The molecule has 4 aromatic rings. The standard InChI is InChI=1S/C22H18Cl2F3N5O3/c23-16-8-13(34-14-3-4-31(10-14)5-6-33)1-2-15(16)19-29-21(35-30-19)18-11-32-9-12(22(25,26)27)7-17(24)20(32)28-18/h1-2,7-9,11,14,33H,3-6,10H2. The highest BCUT2D eigenvalue weighted by Crippen LogP contribution is 2.34. The van der Waals surface area contributed by atoms with E-state index in [0.29, 0.717) is 22.9 Å². The maximum Gasteiger partial charge on any atom is 0.417 e. The first-order valence-corrected chi connectivity index (χ1v) is 11.4. The van der Waals surface area contributed by atoms with Gasteiger partial charge < -0.3 is 18.8 Å². The number of likely N-dealkylation sites (tertiary alicyclic amines) is 1. The van der Waals surface area contributed by atoms with Crippen molar-refractivity contribution < 1.29 is 27.5 Å². The maximum absolute atomic E-state index is 13.1. The van der Waals surface area contributed by atoms with Crippen LogP contribution in [0.4, 0.5) is 13.2 Å². The number of hydrogen-bond donors (Lipinski definition) is 1. The number of alkyl halides is 3. The summed E-state index contributed by atoms with van der Waals surface area (Å²) in [5, 5.41) is 13.2. The molecular formula is C22H18Cl2F3N5O3. The fourth-order valence-corrected chi connectivity index (χ4v) is 4.45. The van der Waals surface area contributed by atoms with E-state index in [1.54, 1.807) is 18.2 Å². The molecule has 1 aliphatic heterocycles. The van der Waals surface area contributed by atoms with Crippen molar-refractivity contribution in [3.8, 4) is 28.7 Å². The van der Waals surface area contributed by atoms with Gasteiger partial charge in [0.2, 0.25) is 5.82 Å². The average Bonchev–Trinajstić information content (AvgIpc) is 3.53. The lowest BCUT2D eigenvalue weighted by Gasteiger charge is -2.16. The zero-order valence-corrected chi connectivity index (χ0v) is 19.5. The number of ether oxygens (including phenoxy) is 1. The van der Waals surface area contributed by atoms with Crippen LogP contribution in [0, 0.1) is 0 Å². The van der Waals surface area contributed by atoms with E-state index in [4.69, 9.17) is 37.6 Å². The first kappa shape index (κ1) is 23.9. The van der Waals surface area contributed by atoms with E-state index in [1.165, 1.54) is 6.20 Å². The summed E-state index contributed by atoms with van der Waals surface area (Å²) < 4.78 is 51.7. The molecule has 1 unspecified atom stereocenters. The number of halogens is 5. The number of nitrogens with zero attached hydrogens (tertiary/aromatic N) is 5. The molecule has 0 bridgehead atoms. The number of benzene rings is 1. The van der Waals surface area contributed by atoms with Crippen molar-refractivity contribution in [3.63, 3.8) is 0 Å². The molecule has 0 radical (unpaired) electrons.